The number of phenolic OH excluding ortho intramolecular Hbond substituents is 1. The number of halogens is 1. The van der Waals surface area contributed by atoms with Crippen molar-refractivity contribution in [3.63, 3.8) is 0 Å². The standard InChI is InChI=1S/C14H20ClNO/c1-9(2)11-7-12(14(17)13(15)8-11)10-3-5-16-6-4-10/h7-10,16-17H,3-6H2,1-2H3. The average Bonchev–Trinajstić information content (AvgIpc) is 2.33. The third-order valence-electron chi connectivity index (χ3n) is 3.56. The molecule has 1 aromatic rings. The Morgan fingerprint density at radius 3 is 2.53 bits per heavy atom. The molecule has 0 amide bonds. The fourth-order valence-corrected chi connectivity index (χ4v) is 2.65. The van der Waals surface area contributed by atoms with Gasteiger partial charge in [-0.25, -0.2) is 0 Å². The number of nitrogens with one attached hydrogen (secondary N) is 1. The number of hydrogen-bond acceptors (Lipinski definition) is 2. The molecule has 1 aliphatic heterocycles. The molecule has 94 valence electrons. The highest BCUT2D eigenvalue weighted by Gasteiger charge is 2.21. The fraction of sp³-hybridized carbons (Fsp3) is 0.571. The summed E-state index contributed by atoms with van der Waals surface area (Å²) in [5.74, 6) is 1.16. The first-order chi connectivity index (χ1) is 8.09. The Morgan fingerprint density at radius 2 is 1.94 bits per heavy atom. The highest BCUT2D eigenvalue weighted by molar-refractivity contribution is 6.32. The van der Waals surface area contributed by atoms with Gasteiger partial charge in [0, 0.05) is 0 Å². The average molecular weight is 254 g/mol. The minimum atomic E-state index is 0.281. The van der Waals surface area contributed by atoms with E-state index in [9.17, 15) is 5.11 Å². The highest BCUT2D eigenvalue weighted by Crippen LogP contribution is 2.39. The Bertz CT molecular complexity index is 397. The topological polar surface area (TPSA) is 32.3 Å². The maximum absolute atomic E-state index is 10.1. The zero-order valence-electron chi connectivity index (χ0n) is 10.5. The normalized spacial score (nSPS) is 17.6. The van der Waals surface area contributed by atoms with Gasteiger partial charge in [-0.1, -0.05) is 31.5 Å². The second-order valence-corrected chi connectivity index (χ2v) is 5.53. The molecule has 0 radical (unpaired) electrons. The van der Waals surface area contributed by atoms with Crippen molar-refractivity contribution in [3.8, 4) is 5.75 Å². The predicted molar refractivity (Wildman–Crippen MR) is 72.1 cm³/mol. The molecule has 0 aromatic heterocycles. The van der Waals surface area contributed by atoms with Gasteiger partial charge in [0.25, 0.3) is 0 Å². The van der Waals surface area contributed by atoms with Crippen LogP contribution in [-0.4, -0.2) is 18.2 Å². The van der Waals surface area contributed by atoms with Crippen molar-refractivity contribution in [3.05, 3.63) is 28.3 Å². The predicted octanol–water partition coefficient (Wildman–Crippen LogP) is 3.64. The van der Waals surface area contributed by atoms with E-state index in [-0.39, 0.29) is 5.75 Å². The van der Waals surface area contributed by atoms with E-state index in [0.29, 0.717) is 16.9 Å². The molecule has 0 saturated carbocycles. The molecule has 17 heavy (non-hydrogen) atoms. The molecule has 2 nitrogen and oxygen atoms in total. The Labute approximate surface area is 108 Å². The highest BCUT2D eigenvalue weighted by atomic mass is 35.5. The maximum atomic E-state index is 10.1. The number of aromatic hydroxyl groups is 1. The molecule has 1 aliphatic rings. The van der Waals surface area contributed by atoms with Gasteiger partial charge >= 0.3 is 0 Å². The summed E-state index contributed by atoms with van der Waals surface area (Å²) in [6, 6.07) is 4.01. The molecule has 2 N–H and O–H groups in total. The zero-order chi connectivity index (χ0) is 12.4. The van der Waals surface area contributed by atoms with Crippen molar-refractivity contribution < 1.29 is 5.11 Å². The third-order valence-corrected chi connectivity index (χ3v) is 3.85. The van der Waals surface area contributed by atoms with Gasteiger partial charge in [0.2, 0.25) is 0 Å². The largest absolute Gasteiger partial charge is 0.506 e. The number of phenols is 1. The van der Waals surface area contributed by atoms with Gasteiger partial charge in [0.15, 0.2) is 0 Å². The molecule has 0 atom stereocenters. The van der Waals surface area contributed by atoms with Crippen molar-refractivity contribution in [2.24, 2.45) is 0 Å². The third kappa shape index (κ3) is 2.75. The quantitative estimate of drug-likeness (QED) is 0.844. The lowest BCUT2D eigenvalue weighted by molar-refractivity contribution is 0.424. The van der Waals surface area contributed by atoms with E-state index in [1.807, 2.05) is 6.07 Å². The van der Waals surface area contributed by atoms with E-state index in [1.165, 1.54) is 5.56 Å². The first kappa shape index (κ1) is 12.7. The first-order valence-electron chi connectivity index (χ1n) is 6.32. The number of rotatable bonds is 2. The van der Waals surface area contributed by atoms with Crippen LogP contribution in [0.1, 0.15) is 49.7 Å². The SMILES string of the molecule is CC(C)c1cc(Cl)c(O)c(C2CCNCC2)c1. The lowest BCUT2D eigenvalue weighted by Crippen LogP contribution is -2.26. The van der Waals surface area contributed by atoms with E-state index >= 15 is 0 Å². The van der Waals surface area contributed by atoms with Crippen LogP contribution < -0.4 is 5.32 Å². The summed E-state index contributed by atoms with van der Waals surface area (Å²) < 4.78 is 0. The lowest BCUT2D eigenvalue weighted by Gasteiger charge is -2.25. The number of piperidine rings is 1. The molecule has 1 heterocycles. The van der Waals surface area contributed by atoms with Crippen molar-refractivity contribution in [2.75, 3.05) is 13.1 Å². The first-order valence-corrected chi connectivity index (χ1v) is 6.70. The Hall–Kier alpha value is -0.730. The van der Waals surface area contributed by atoms with Gasteiger partial charge < -0.3 is 10.4 Å². The van der Waals surface area contributed by atoms with Gasteiger partial charge in [-0.2, -0.15) is 0 Å². The number of benzene rings is 1. The van der Waals surface area contributed by atoms with E-state index < -0.39 is 0 Å². The second-order valence-electron chi connectivity index (χ2n) is 5.12. The van der Waals surface area contributed by atoms with Crippen LogP contribution in [0.3, 0.4) is 0 Å². The van der Waals surface area contributed by atoms with E-state index in [4.69, 9.17) is 11.6 Å². The Balaban J connectivity index is 2.36. The Kier molecular flexibility index (Phi) is 3.95. The zero-order valence-corrected chi connectivity index (χ0v) is 11.2. The summed E-state index contributed by atoms with van der Waals surface area (Å²) in [5.41, 5.74) is 2.24. The minimum Gasteiger partial charge on any atom is -0.506 e. The lowest BCUT2D eigenvalue weighted by atomic mass is 9.87. The molecule has 0 aliphatic carbocycles. The molecule has 0 bridgehead atoms. The molecule has 3 heteroatoms. The van der Waals surface area contributed by atoms with E-state index in [2.05, 4.69) is 25.2 Å². The molecular formula is C14H20ClNO. The minimum absolute atomic E-state index is 0.281. The summed E-state index contributed by atoms with van der Waals surface area (Å²) in [4.78, 5) is 0. The van der Waals surface area contributed by atoms with Crippen LogP contribution in [0.5, 0.6) is 5.75 Å². The van der Waals surface area contributed by atoms with Crippen molar-refractivity contribution in [1.82, 2.24) is 5.32 Å². The summed E-state index contributed by atoms with van der Waals surface area (Å²) in [7, 11) is 0. The summed E-state index contributed by atoms with van der Waals surface area (Å²) >= 11 is 6.12. The monoisotopic (exact) mass is 253 g/mol. The van der Waals surface area contributed by atoms with Gasteiger partial charge in [0.05, 0.1) is 5.02 Å². The van der Waals surface area contributed by atoms with Crippen LogP contribution in [0.4, 0.5) is 0 Å². The van der Waals surface area contributed by atoms with Gasteiger partial charge in [-0.3, -0.25) is 0 Å². The molecule has 0 unspecified atom stereocenters. The number of hydrogen-bond donors (Lipinski definition) is 2. The van der Waals surface area contributed by atoms with Crippen molar-refractivity contribution >= 4 is 11.6 Å². The van der Waals surface area contributed by atoms with Crippen LogP contribution in [0, 0.1) is 0 Å². The summed E-state index contributed by atoms with van der Waals surface area (Å²) in [5, 5.41) is 13.9. The second kappa shape index (κ2) is 5.28. The maximum Gasteiger partial charge on any atom is 0.137 e. The summed E-state index contributed by atoms with van der Waals surface area (Å²) in [6.45, 7) is 6.34. The smallest absolute Gasteiger partial charge is 0.137 e. The summed E-state index contributed by atoms with van der Waals surface area (Å²) in [6.07, 6.45) is 2.15. The van der Waals surface area contributed by atoms with Crippen molar-refractivity contribution in [2.45, 2.75) is 38.5 Å². The van der Waals surface area contributed by atoms with Crippen molar-refractivity contribution in [1.29, 1.82) is 0 Å². The van der Waals surface area contributed by atoms with Crippen LogP contribution in [-0.2, 0) is 0 Å². The van der Waals surface area contributed by atoms with E-state index in [0.717, 1.165) is 31.5 Å². The molecule has 0 spiro atoms. The molecule has 2 rings (SSSR count). The molecule has 1 saturated heterocycles. The van der Waals surface area contributed by atoms with Crippen LogP contribution in [0.2, 0.25) is 5.02 Å². The Morgan fingerprint density at radius 1 is 1.29 bits per heavy atom. The fourth-order valence-electron chi connectivity index (χ4n) is 2.42. The van der Waals surface area contributed by atoms with Crippen LogP contribution in [0.15, 0.2) is 12.1 Å². The molecule has 1 aromatic carbocycles. The van der Waals surface area contributed by atoms with Gasteiger partial charge in [-0.15, -0.1) is 0 Å². The van der Waals surface area contributed by atoms with Gasteiger partial charge in [-0.05, 0) is 55.0 Å². The molecular weight excluding hydrogens is 234 g/mol. The van der Waals surface area contributed by atoms with Crippen LogP contribution in [0.25, 0.3) is 0 Å². The molecule has 1 fully saturated rings. The van der Waals surface area contributed by atoms with Gasteiger partial charge in [0.1, 0.15) is 5.75 Å². The van der Waals surface area contributed by atoms with Crippen LogP contribution >= 0.6 is 11.6 Å². The van der Waals surface area contributed by atoms with E-state index in [1.54, 1.807) is 0 Å².